The van der Waals surface area contributed by atoms with Crippen molar-refractivity contribution in [2.24, 2.45) is 0 Å². The van der Waals surface area contributed by atoms with Crippen molar-refractivity contribution in [2.45, 2.75) is 245 Å². The van der Waals surface area contributed by atoms with E-state index in [-0.39, 0.29) is 31.3 Å². The standard InChI is InChI=1S/C56H103N2O7P/c1-7-10-13-16-19-22-25-28-31-33-36-39-42-45-48-55(59)57-53(52-64-66(61,62)63-51-50-58(4,5)6)54(47-44-41-38-35-32-29-26-23-20-17-14-11-8-2)65-56(60)49-46-43-40-37-34-30-27-24-21-18-15-12-9-3/h10,13,19,22,28,30-31,34,44,47,53-54H,7-9,11-12,14-18,20-21,23-27,29,32-33,35-43,45-46,48-52H2,1-6H3,(H-,57,59,61,62)/b13-10+,22-19+,31-28+,34-30-,47-44+. The van der Waals surface area contributed by atoms with Crippen LogP contribution in [0.2, 0.25) is 0 Å². The Morgan fingerprint density at radius 1 is 0.545 bits per heavy atom. The molecule has 66 heavy (non-hydrogen) atoms. The van der Waals surface area contributed by atoms with Crippen molar-refractivity contribution in [1.82, 2.24) is 5.32 Å². The van der Waals surface area contributed by atoms with Gasteiger partial charge in [0.15, 0.2) is 0 Å². The molecule has 0 radical (unpaired) electrons. The largest absolute Gasteiger partial charge is 0.756 e. The molecule has 0 aliphatic carbocycles. The Labute approximate surface area is 407 Å². The molecule has 3 atom stereocenters. The molecule has 10 heteroatoms. The van der Waals surface area contributed by atoms with Crippen LogP contribution >= 0.6 is 7.82 Å². The topological polar surface area (TPSA) is 114 Å². The van der Waals surface area contributed by atoms with E-state index < -0.39 is 26.6 Å². The Morgan fingerprint density at radius 3 is 1.48 bits per heavy atom. The number of carbonyl (C=O) groups is 2. The van der Waals surface area contributed by atoms with Crippen molar-refractivity contribution in [3.63, 3.8) is 0 Å². The maximum Gasteiger partial charge on any atom is 0.306 e. The second-order valence-corrected chi connectivity index (χ2v) is 20.8. The zero-order valence-electron chi connectivity index (χ0n) is 43.6. The Balaban J connectivity index is 5.49. The average molecular weight is 947 g/mol. The van der Waals surface area contributed by atoms with Crippen LogP contribution in [0.5, 0.6) is 0 Å². The predicted octanol–water partition coefficient (Wildman–Crippen LogP) is 15.3. The van der Waals surface area contributed by atoms with Gasteiger partial charge in [0, 0.05) is 12.8 Å². The number of amides is 1. The first-order valence-electron chi connectivity index (χ1n) is 27.1. The van der Waals surface area contributed by atoms with Crippen molar-refractivity contribution < 1.29 is 37.3 Å². The maximum absolute atomic E-state index is 13.4. The third-order valence-electron chi connectivity index (χ3n) is 11.7. The lowest BCUT2D eigenvalue weighted by molar-refractivity contribution is -0.870. The fourth-order valence-electron chi connectivity index (χ4n) is 7.47. The van der Waals surface area contributed by atoms with Crippen molar-refractivity contribution >= 4 is 19.7 Å². The lowest BCUT2D eigenvalue weighted by atomic mass is 10.0. The number of rotatable bonds is 48. The van der Waals surface area contributed by atoms with Crippen molar-refractivity contribution in [2.75, 3.05) is 40.9 Å². The number of carbonyl (C=O) groups excluding carboxylic acids is 2. The van der Waals surface area contributed by atoms with Gasteiger partial charge in [-0.25, -0.2) is 0 Å². The highest BCUT2D eigenvalue weighted by molar-refractivity contribution is 7.45. The number of esters is 1. The van der Waals surface area contributed by atoms with E-state index >= 15 is 0 Å². The van der Waals surface area contributed by atoms with Crippen LogP contribution in [0.3, 0.4) is 0 Å². The Morgan fingerprint density at radius 2 is 0.970 bits per heavy atom. The van der Waals surface area contributed by atoms with Crippen molar-refractivity contribution in [3.8, 4) is 0 Å². The van der Waals surface area contributed by atoms with E-state index in [0.29, 0.717) is 23.9 Å². The van der Waals surface area contributed by atoms with Crippen LogP contribution in [0.1, 0.15) is 233 Å². The fraction of sp³-hybridized carbons (Fsp3) is 0.786. The molecule has 384 valence electrons. The van der Waals surface area contributed by atoms with Crippen LogP contribution in [-0.4, -0.2) is 69.4 Å². The van der Waals surface area contributed by atoms with Gasteiger partial charge in [0.05, 0.1) is 33.8 Å². The van der Waals surface area contributed by atoms with E-state index in [0.717, 1.165) is 89.9 Å². The lowest BCUT2D eigenvalue weighted by Gasteiger charge is -2.30. The zero-order chi connectivity index (χ0) is 48.7. The number of ether oxygens (including phenoxy) is 1. The number of likely N-dealkylation sites (N-methyl/N-ethyl adjacent to an activating group) is 1. The molecule has 0 fully saturated rings. The first-order chi connectivity index (χ1) is 31.9. The Bertz CT molecular complexity index is 1320. The summed E-state index contributed by atoms with van der Waals surface area (Å²) in [6.07, 6.45) is 56.1. The summed E-state index contributed by atoms with van der Waals surface area (Å²) in [6.45, 7) is 6.68. The van der Waals surface area contributed by atoms with Gasteiger partial charge in [0.25, 0.3) is 7.82 Å². The second kappa shape index (κ2) is 46.4. The number of allylic oxidation sites excluding steroid dienone is 9. The molecule has 0 rings (SSSR count). The van der Waals surface area contributed by atoms with E-state index in [1.165, 1.54) is 96.3 Å². The molecule has 0 bridgehead atoms. The quantitative estimate of drug-likeness (QED) is 0.0212. The number of nitrogens with zero attached hydrogens (tertiary/aromatic N) is 1. The highest BCUT2D eigenvalue weighted by Crippen LogP contribution is 2.38. The lowest BCUT2D eigenvalue weighted by Crippen LogP contribution is -2.47. The smallest absolute Gasteiger partial charge is 0.306 e. The summed E-state index contributed by atoms with van der Waals surface area (Å²) in [7, 11) is 1.16. The van der Waals surface area contributed by atoms with Gasteiger partial charge in [-0.15, -0.1) is 0 Å². The average Bonchev–Trinajstić information content (AvgIpc) is 3.27. The van der Waals surface area contributed by atoms with Crippen LogP contribution < -0.4 is 10.2 Å². The van der Waals surface area contributed by atoms with Gasteiger partial charge in [-0.2, -0.15) is 0 Å². The van der Waals surface area contributed by atoms with Gasteiger partial charge in [0.2, 0.25) is 5.91 Å². The summed E-state index contributed by atoms with van der Waals surface area (Å²) in [5, 5.41) is 3.00. The summed E-state index contributed by atoms with van der Waals surface area (Å²) in [4.78, 5) is 39.7. The third-order valence-corrected chi connectivity index (χ3v) is 12.6. The first kappa shape index (κ1) is 63.7. The van der Waals surface area contributed by atoms with Gasteiger partial charge in [-0.3, -0.25) is 14.2 Å². The highest BCUT2D eigenvalue weighted by atomic mass is 31.2. The van der Waals surface area contributed by atoms with Crippen molar-refractivity contribution in [3.05, 3.63) is 60.8 Å². The number of unbranched alkanes of at least 4 members (excludes halogenated alkanes) is 24. The zero-order valence-corrected chi connectivity index (χ0v) is 44.5. The summed E-state index contributed by atoms with van der Waals surface area (Å²) in [6, 6.07) is -0.905. The van der Waals surface area contributed by atoms with Gasteiger partial charge in [0.1, 0.15) is 19.3 Å². The number of phosphoric acid groups is 1. The van der Waals surface area contributed by atoms with Gasteiger partial charge in [-0.05, 0) is 89.5 Å². The molecule has 0 aromatic carbocycles. The highest BCUT2D eigenvalue weighted by Gasteiger charge is 2.27. The Hall–Kier alpha value is -2.29. The second-order valence-electron chi connectivity index (χ2n) is 19.3. The molecular weight excluding hydrogens is 844 g/mol. The molecule has 9 nitrogen and oxygen atoms in total. The maximum atomic E-state index is 13.4. The molecule has 3 unspecified atom stereocenters. The van der Waals surface area contributed by atoms with Gasteiger partial charge in [-0.1, -0.05) is 191 Å². The fourth-order valence-corrected chi connectivity index (χ4v) is 8.19. The summed E-state index contributed by atoms with van der Waals surface area (Å²) < 4.78 is 30.1. The van der Waals surface area contributed by atoms with E-state index in [1.54, 1.807) is 0 Å². The molecular formula is C56H103N2O7P. The number of nitrogens with one attached hydrogen (secondary N) is 1. The molecule has 0 aliphatic heterocycles. The van der Waals surface area contributed by atoms with E-state index in [4.69, 9.17) is 13.8 Å². The minimum absolute atomic E-state index is 0.0305. The van der Waals surface area contributed by atoms with Gasteiger partial charge >= 0.3 is 5.97 Å². The van der Waals surface area contributed by atoms with E-state index in [1.807, 2.05) is 33.3 Å². The van der Waals surface area contributed by atoms with E-state index in [9.17, 15) is 19.0 Å². The number of hydrogen-bond acceptors (Lipinski definition) is 7. The third kappa shape index (κ3) is 46.8. The number of hydrogen-bond donors (Lipinski definition) is 1. The first-order valence-corrected chi connectivity index (χ1v) is 28.6. The number of phosphoric ester groups is 1. The van der Waals surface area contributed by atoms with Crippen LogP contribution in [-0.2, 0) is 27.9 Å². The minimum atomic E-state index is -4.70. The normalized spacial score (nSPS) is 14.3. The van der Waals surface area contributed by atoms with Crippen LogP contribution in [0.15, 0.2) is 60.8 Å². The molecule has 0 saturated carbocycles. The monoisotopic (exact) mass is 947 g/mol. The molecule has 0 aromatic heterocycles. The molecule has 1 amide bonds. The molecule has 0 spiro atoms. The van der Waals surface area contributed by atoms with Crippen LogP contribution in [0, 0.1) is 0 Å². The molecule has 0 saturated heterocycles. The van der Waals surface area contributed by atoms with E-state index in [2.05, 4.69) is 74.7 Å². The minimum Gasteiger partial charge on any atom is -0.756 e. The molecule has 0 aliphatic rings. The SMILES string of the molecule is CC/C=C/C/C=C/C/C=C/CCCCCCC(=O)NC(COP(=O)([O-])OCC[N+](C)(C)C)C(/C=C/CCCCCCCCCCCCC)OC(=O)CCCCC/C=C\CCCCCCCC. The summed E-state index contributed by atoms with van der Waals surface area (Å²) >= 11 is 0. The van der Waals surface area contributed by atoms with Crippen LogP contribution in [0.4, 0.5) is 0 Å². The Kier molecular flexibility index (Phi) is 44.8. The van der Waals surface area contributed by atoms with Crippen molar-refractivity contribution in [1.29, 1.82) is 0 Å². The predicted molar refractivity (Wildman–Crippen MR) is 279 cm³/mol. The summed E-state index contributed by atoms with van der Waals surface area (Å²) in [5.74, 6) is -0.587. The van der Waals surface area contributed by atoms with Gasteiger partial charge < -0.3 is 28.5 Å². The van der Waals surface area contributed by atoms with Crippen LogP contribution in [0.25, 0.3) is 0 Å². The molecule has 1 N–H and O–H groups in total. The summed E-state index contributed by atoms with van der Waals surface area (Å²) in [5.41, 5.74) is 0. The number of quaternary nitrogens is 1. The molecule has 0 heterocycles. The molecule has 0 aromatic rings.